The second-order valence-corrected chi connectivity index (χ2v) is 6.36. The van der Waals surface area contributed by atoms with Crippen molar-refractivity contribution in [2.75, 3.05) is 10.6 Å². The van der Waals surface area contributed by atoms with Gasteiger partial charge in [-0.25, -0.2) is 0 Å². The summed E-state index contributed by atoms with van der Waals surface area (Å²) in [5.74, 6) is -0.878. The minimum Gasteiger partial charge on any atom is -0.360 e. The highest BCUT2D eigenvalue weighted by atomic mass is 35.5. The van der Waals surface area contributed by atoms with Crippen LogP contribution >= 0.6 is 34.8 Å². The number of hydrogen-bond donors (Lipinski definition) is 2. The van der Waals surface area contributed by atoms with E-state index in [0.717, 1.165) is 18.3 Å². The quantitative estimate of drug-likeness (QED) is 0.450. The molecule has 2 rings (SSSR count). The minimum atomic E-state index is -4.68. The van der Waals surface area contributed by atoms with Crippen LogP contribution in [0.25, 0.3) is 0 Å². The van der Waals surface area contributed by atoms with Crippen molar-refractivity contribution in [3.05, 3.63) is 68.8 Å². The van der Waals surface area contributed by atoms with Crippen LogP contribution in [0, 0.1) is 11.3 Å². The summed E-state index contributed by atoms with van der Waals surface area (Å²) >= 11 is 17.3. The van der Waals surface area contributed by atoms with Gasteiger partial charge in [-0.2, -0.15) is 18.4 Å². The predicted octanol–water partition coefficient (Wildman–Crippen LogP) is 6.12. The monoisotopic (exact) mass is 433 g/mol. The van der Waals surface area contributed by atoms with E-state index in [2.05, 4.69) is 10.6 Å². The Balaban J connectivity index is 2.26. The molecule has 27 heavy (non-hydrogen) atoms. The second-order valence-electron chi connectivity index (χ2n) is 5.08. The lowest BCUT2D eigenvalue weighted by atomic mass is 10.1. The molecular formula is C17H9Cl3F3N3O. The number of amides is 1. The maximum Gasteiger partial charge on any atom is 0.418 e. The number of rotatable bonds is 4. The Hall–Kier alpha value is -2.40. The third kappa shape index (κ3) is 5.54. The first-order valence-electron chi connectivity index (χ1n) is 7.12. The molecule has 0 saturated heterocycles. The van der Waals surface area contributed by atoms with Gasteiger partial charge in [0.05, 0.1) is 22.0 Å². The molecule has 0 spiro atoms. The van der Waals surface area contributed by atoms with Gasteiger partial charge in [0, 0.05) is 16.2 Å². The average Bonchev–Trinajstić information content (AvgIpc) is 2.59. The molecule has 0 aliphatic carbocycles. The first kappa shape index (κ1) is 20.9. The van der Waals surface area contributed by atoms with Crippen LogP contribution in [0.5, 0.6) is 0 Å². The summed E-state index contributed by atoms with van der Waals surface area (Å²) in [5.41, 5.74) is -1.73. The van der Waals surface area contributed by atoms with Crippen LogP contribution < -0.4 is 10.6 Å². The first-order valence-corrected chi connectivity index (χ1v) is 8.25. The second kappa shape index (κ2) is 8.53. The van der Waals surface area contributed by atoms with Crippen molar-refractivity contribution in [1.82, 2.24) is 0 Å². The van der Waals surface area contributed by atoms with E-state index in [-0.39, 0.29) is 21.4 Å². The van der Waals surface area contributed by atoms with Crippen LogP contribution in [0.2, 0.25) is 15.1 Å². The van der Waals surface area contributed by atoms with Gasteiger partial charge < -0.3 is 10.6 Å². The fourth-order valence-electron chi connectivity index (χ4n) is 1.96. The van der Waals surface area contributed by atoms with Gasteiger partial charge in [-0.15, -0.1) is 0 Å². The maximum absolute atomic E-state index is 13.1. The SMILES string of the molecule is N#C/C(=C/Nc1ccc(Cl)cc1C(F)(F)F)C(=O)Nc1cc(Cl)ccc1Cl. The number of anilines is 2. The summed E-state index contributed by atoms with van der Waals surface area (Å²) in [6, 6.07) is 8.97. The Morgan fingerprint density at radius 3 is 2.30 bits per heavy atom. The number of halogens is 6. The Morgan fingerprint density at radius 1 is 1.04 bits per heavy atom. The van der Waals surface area contributed by atoms with E-state index in [9.17, 15) is 18.0 Å². The molecule has 140 valence electrons. The number of carbonyl (C=O) groups is 1. The van der Waals surface area contributed by atoms with E-state index in [1.165, 1.54) is 24.3 Å². The van der Waals surface area contributed by atoms with Crippen LogP contribution in [0.15, 0.2) is 48.2 Å². The van der Waals surface area contributed by atoms with Gasteiger partial charge in [-0.05, 0) is 36.4 Å². The van der Waals surface area contributed by atoms with E-state index >= 15 is 0 Å². The third-order valence-electron chi connectivity index (χ3n) is 3.20. The number of nitrogens with one attached hydrogen (secondary N) is 2. The zero-order valence-corrected chi connectivity index (χ0v) is 15.4. The van der Waals surface area contributed by atoms with E-state index in [4.69, 9.17) is 40.1 Å². The normalized spacial score (nSPS) is 11.7. The summed E-state index contributed by atoms with van der Waals surface area (Å²) in [5, 5.41) is 14.2. The summed E-state index contributed by atoms with van der Waals surface area (Å²) in [6.45, 7) is 0. The van der Waals surface area contributed by atoms with E-state index in [0.29, 0.717) is 5.02 Å². The first-order chi connectivity index (χ1) is 12.6. The summed E-state index contributed by atoms with van der Waals surface area (Å²) in [4.78, 5) is 12.2. The van der Waals surface area contributed by atoms with Gasteiger partial charge in [0.25, 0.3) is 5.91 Å². The molecule has 0 atom stereocenters. The average molecular weight is 435 g/mol. The Bertz CT molecular complexity index is 953. The van der Waals surface area contributed by atoms with E-state index in [1.807, 2.05) is 0 Å². The van der Waals surface area contributed by atoms with Crippen molar-refractivity contribution >= 4 is 52.1 Å². The maximum atomic E-state index is 13.1. The highest BCUT2D eigenvalue weighted by molar-refractivity contribution is 6.36. The Morgan fingerprint density at radius 2 is 1.67 bits per heavy atom. The highest BCUT2D eigenvalue weighted by Gasteiger charge is 2.33. The largest absolute Gasteiger partial charge is 0.418 e. The summed E-state index contributed by atoms with van der Waals surface area (Å²) < 4.78 is 39.2. The van der Waals surface area contributed by atoms with E-state index < -0.39 is 23.2 Å². The molecule has 0 aliphatic rings. The standard InChI is InChI=1S/C17H9Cl3F3N3O/c18-10-2-4-14(12(5-10)17(21,22)23)25-8-9(7-24)16(27)26-15-6-11(19)1-3-13(15)20/h1-6,8,25H,(H,26,27)/b9-8-. The Labute approximate surface area is 167 Å². The summed E-state index contributed by atoms with van der Waals surface area (Å²) in [7, 11) is 0. The molecule has 0 radical (unpaired) electrons. The van der Waals surface area contributed by atoms with Crippen molar-refractivity contribution in [2.24, 2.45) is 0 Å². The lowest BCUT2D eigenvalue weighted by molar-refractivity contribution is -0.136. The summed E-state index contributed by atoms with van der Waals surface area (Å²) in [6.07, 6.45) is -3.82. The number of benzene rings is 2. The van der Waals surface area contributed by atoms with Crippen LogP contribution in [0.3, 0.4) is 0 Å². The Kier molecular flexibility index (Phi) is 6.60. The molecule has 2 aromatic carbocycles. The number of hydrogen-bond acceptors (Lipinski definition) is 3. The van der Waals surface area contributed by atoms with Crippen molar-refractivity contribution < 1.29 is 18.0 Å². The molecule has 0 unspecified atom stereocenters. The van der Waals surface area contributed by atoms with Crippen LogP contribution in [0.1, 0.15) is 5.56 Å². The molecule has 0 heterocycles. The van der Waals surface area contributed by atoms with Gasteiger partial charge >= 0.3 is 6.18 Å². The minimum absolute atomic E-state index is 0.106. The molecular weight excluding hydrogens is 426 g/mol. The van der Waals surface area contributed by atoms with Crippen molar-refractivity contribution in [3.8, 4) is 6.07 Å². The smallest absolute Gasteiger partial charge is 0.360 e. The molecule has 0 saturated carbocycles. The predicted molar refractivity (Wildman–Crippen MR) is 98.9 cm³/mol. The molecule has 10 heteroatoms. The molecule has 4 nitrogen and oxygen atoms in total. The molecule has 2 N–H and O–H groups in total. The lowest BCUT2D eigenvalue weighted by Crippen LogP contribution is -2.15. The highest BCUT2D eigenvalue weighted by Crippen LogP contribution is 2.36. The number of alkyl halides is 3. The van der Waals surface area contributed by atoms with Crippen molar-refractivity contribution in [3.63, 3.8) is 0 Å². The van der Waals surface area contributed by atoms with Gasteiger partial charge in [-0.3, -0.25) is 4.79 Å². The van der Waals surface area contributed by atoms with Crippen LogP contribution in [-0.4, -0.2) is 5.91 Å². The number of nitrogens with zero attached hydrogens (tertiary/aromatic N) is 1. The van der Waals surface area contributed by atoms with Crippen molar-refractivity contribution in [1.29, 1.82) is 5.26 Å². The molecule has 0 aromatic heterocycles. The zero-order valence-electron chi connectivity index (χ0n) is 13.2. The van der Waals surface area contributed by atoms with Gasteiger partial charge in [-0.1, -0.05) is 34.8 Å². The molecule has 0 fully saturated rings. The van der Waals surface area contributed by atoms with Crippen molar-refractivity contribution in [2.45, 2.75) is 6.18 Å². The van der Waals surface area contributed by atoms with Gasteiger partial charge in [0.2, 0.25) is 0 Å². The van der Waals surface area contributed by atoms with Gasteiger partial charge in [0.1, 0.15) is 11.6 Å². The number of carbonyl (C=O) groups excluding carboxylic acids is 1. The van der Waals surface area contributed by atoms with Gasteiger partial charge in [0.15, 0.2) is 0 Å². The van der Waals surface area contributed by atoms with Crippen LogP contribution in [-0.2, 0) is 11.0 Å². The fraction of sp³-hybridized carbons (Fsp3) is 0.0588. The number of nitriles is 1. The lowest BCUT2D eigenvalue weighted by Gasteiger charge is -2.13. The molecule has 0 bridgehead atoms. The molecule has 0 aliphatic heterocycles. The topological polar surface area (TPSA) is 64.9 Å². The molecule has 1 amide bonds. The third-order valence-corrected chi connectivity index (χ3v) is 4.00. The van der Waals surface area contributed by atoms with E-state index in [1.54, 1.807) is 6.07 Å². The van der Waals surface area contributed by atoms with Crippen LogP contribution in [0.4, 0.5) is 24.5 Å². The fourth-order valence-corrected chi connectivity index (χ4v) is 2.47. The molecule has 2 aromatic rings. The zero-order chi connectivity index (χ0) is 20.2.